The molecule has 0 N–H and O–H groups in total. The van der Waals surface area contributed by atoms with Gasteiger partial charge in [0.25, 0.3) is 0 Å². The summed E-state index contributed by atoms with van der Waals surface area (Å²) in [5.74, 6) is 0.999. The number of hydrogen-bond donors (Lipinski definition) is 0. The number of amides is 1. The Morgan fingerprint density at radius 1 is 1.25 bits per heavy atom. The molecule has 2 saturated heterocycles. The molecule has 2 aliphatic heterocycles. The van der Waals surface area contributed by atoms with E-state index in [-0.39, 0.29) is 5.91 Å². The highest BCUT2D eigenvalue weighted by atomic mass is 16.2. The van der Waals surface area contributed by atoms with Crippen molar-refractivity contribution in [2.45, 2.75) is 52.1 Å². The Hall–Kier alpha value is -0.570. The van der Waals surface area contributed by atoms with Crippen LogP contribution in [-0.4, -0.2) is 47.4 Å². The van der Waals surface area contributed by atoms with E-state index in [0.717, 1.165) is 12.5 Å². The molecule has 0 spiro atoms. The summed E-state index contributed by atoms with van der Waals surface area (Å²) in [6, 6.07) is 1.19. The van der Waals surface area contributed by atoms with Crippen LogP contribution in [0.25, 0.3) is 0 Å². The van der Waals surface area contributed by atoms with Crippen LogP contribution in [0.3, 0.4) is 0 Å². The molecule has 3 heteroatoms. The average molecular weight is 224 g/mol. The second-order valence-electron chi connectivity index (χ2n) is 5.58. The monoisotopic (exact) mass is 224 g/mol. The molecule has 1 atom stereocenters. The lowest BCUT2D eigenvalue weighted by molar-refractivity contribution is -0.136. The van der Waals surface area contributed by atoms with Crippen LogP contribution in [0.2, 0.25) is 0 Å². The molecule has 0 aromatic carbocycles. The molecule has 16 heavy (non-hydrogen) atoms. The molecule has 3 nitrogen and oxygen atoms in total. The number of piperidine rings is 1. The fourth-order valence-electron chi connectivity index (χ4n) is 3.05. The Bertz CT molecular complexity index is 259. The first kappa shape index (κ1) is 11.9. The van der Waals surface area contributed by atoms with Crippen molar-refractivity contribution in [1.29, 1.82) is 0 Å². The Balaban J connectivity index is 1.90. The molecular weight excluding hydrogens is 200 g/mol. The predicted molar refractivity (Wildman–Crippen MR) is 65.2 cm³/mol. The van der Waals surface area contributed by atoms with Crippen molar-refractivity contribution in [2.24, 2.45) is 5.92 Å². The van der Waals surface area contributed by atoms with Crippen LogP contribution in [0.1, 0.15) is 40.0 Å². The van der Waals surface area contributed by atoms with Gasteiger partial charge in [-0.05, 0) is 33.1 Å². The predicted octanol–water partition coefficient (Wildman–Crippen LogP) is 1.73. The van der Waals surface area contributed by atoms with E-state index in [1.54, 1.807) is 6.92 Å². The molecule has 0 aromatic rings. The summed E-state index contributed by atoms with van der Waals surface area (Å²) in [5, 5.41) is 0. The minimum atomic E-state index is 0.271. The lowest BCUT2D eigenvalue weighted by Crippen LogP contribution is -2.60. The summed E-state index contributed by atoms with van der Waals surface area (Å²) in [7, 11) is 0. The zero-order valence-electron chi connectivity index (χ0n) is 10.8. The molecule has 92 valence electrons. The van der Waals surface area contributed by atoms with Gasteiger partial charge in [0, 0.05) is 44.6 Å². The van der Waals surface area contributed by atoms with Crippen molar-refractivity contribution in [3.05, 3.63) is 0 Å². The van der Waals surface area contributed by atoms with Crippen LogP contribution in [-0.2, 0) is 4.79 Å². The first-order chi connectivity index (χ1) is 7.59. The van der Waals surface area contributed by atoms with E-state index in [1.165, 1.54) is 32.4 Å². The molecule has 1 amide bonds. The molecule has 2 aliphatic rings. The summed E-state index contributed by atoms with van der Waals surface area (Å²) < 4.78 is 0. The smallest absolute Gasteiger partial charge is 0.219 e. The largest absolute Gasteiger partial charge is 0.340 e. The number of likely N-dealkylation sites (tertiary alicyclic amines) is 2. The van der Waals surface area contributed by atoms with Crippen LogP contribution in [0.15, 0.2) is 0 Å². The van der Waals surface area contributed by atoms with Crippen molar-refractivity contribution in [3.8, 4) is 0 Å². The van der Waals surface area contributed by atoms with Gasteiger partial charge < -0.3 is 9.80 Å². The zero-order valence-corrected chi connectivity index (χ0v) is 10.8. The molecule has 1 unspecified atom stereocenters. The van der Waals surface area contributed by atoms with Crippen molar-refractivity contribution in [3.63, 3.8) is 0 Å². The van der Waals surface area contributed by atoms with E-state index in [1.807, 2.05) is 0 Å². The highest BCUT2D eigenvalue weighted by molar-refractivity contribution is 5.73. The second kappa shape index (κ2) is 4.74. The summed E-state index contributed by atoms with van der Waals surface area (Å²) in [5.41, 5.74) is 0. The first-order valence-corrected chi connectivity index (χ1v) is 6.61. The molecule has 0 aromatic heterocycles. The Labute approximate surface area is 98.8 Å². The Morgan fingerprint density at radius 3 is 2.50 bits per heavy atom. The van der Waals surface area contributed by atoms with E-state index in [2.05, 4.69) is 23.6 Å². The highest BCUT2D eigenvalue weighted by Gasteiger charge is 2.39. The van der Waals surface area contributed by atoms with Crippen molar-refractivity contribution in [2.75, 3.05) is 19.6 Å². The maximum Gasteiger partial charge on any atom is 0.219 e. The first-order valence-electron chi connectivity index (χ1n) is 6.61. The third-order valence-electron chi connectivity index (χ3n) is 4.17. The quantitative estimate of drug-likeness (QED) is 0.713. The van der Waals surface area contributed by atoms with Crippen LogP contribution < -0.4 is 0 Å². The van der Waals surface area contributed by atoms with Crippen LogP contribution in [0, 0.1) is 5.92 Å². The highest BCUT2D eigenvalue weighted by Crippen LogP contribution is 2.30. The minimum Gasteiger partial charge on any atom is -0.340 e. The van der Waals surface area contributed by atoms with Crippen molar-refractivity contribution >= 4 is 5.91 Å². The van der Waals surface area contributed by atoms with Gasteiger partial charge in [0.2, 0.25) is 5.91 Å². The third-order valence-corrected chi connectivity index (χ3v) is 4.17. The molecule has 0 radical (unpaired) electrons. The minimum absolute atomic E-state index is 0.271. The van der Waals surface area contributed by atoms with Gasteiger partial charge >= 0.3 is 0 Å². The molecule has 2 heterocycles. The maximum absolute atomic E-state index is 11.6. The van der Waals surface area contributed by atoms with Gasteiger partial charge in [-0.3, -0.25) is 4.79 Å². The van der Waals surface area contributed by atoms with Gasteiger partial charge in [-0.1, -0.05) is 0 Å². The van der Waals surface area contributed by atoms with Gasteiger partial charge in [-0.15, -0.1) is 0 Å². The van der Waals surface area contributed by atoms with Gasteiger partial charge in [-0.2, -0.15) is 0 Å². The Morgan fingerprint density at radius 2 is 1.94 bits per heavy atom. The third kappa shape index (κ3) is 2.24. The lowest BCUT2D eigenvalue weighted by Gasteiger charge is -2.50. The normalized spacial score (nSPS) is 28.2. The van der Waals surface area contributed by atoms with Gasteiger partial charge in [-0.25, -0.2) is 0 Å². The standard InChI is InChI=1S/C13H24N2O/c1-10(2)14-8-12(9-14)13-6-4-5-7-15(13)11(3)16/h10,12-13H,4-9H2,1-3H3. The average Bonchev–Trinajstić information content (AvgIpc) is 2.15. The van der Waals surface area contributed by atoms with Crippen molar-refractivity contribution in [1.82, 2.24) is 9.80 Å². The summed E-state index contributed by atoms with van der Waals surface area (Å²) >= 11 is 0. The molecular formula is C13H24N2O. The molecule has 0 bridgehead atoms. The lowest BCUT2D eigenvalue weighted by atomic mass is 9.84. The summed E-state index contributed by atoms with van der Waals surface area (Å²) in [4.78, 5) is 16.2. The van der Waals surface area contributed by atoms with Gasteiger partial charge in [0.05, 0.1) is 0 Å². The SMILES string of the molecule is CC(=O)N1CCCCC1C1CN(C(C)C)C1. The van der Waals surface area contributed by atoms with E-state index >= 15 is 0 Å². The van der Waals surface area contributed by atoms with Crippen molar-refractivity contribution < 1.29 is 4.79 Å². The topological polar surface area (TPSA) is 23.6 Å². The molecule has 0 aliphatic carbocycles. The Kier molecular flexibility index (Phi) is 3.53. The number of carbonyl (C=O) groups is 1. The van der Waals surface area contributed by atoms with E-state index in [4.69, 9.17) is 0 Å². The van der Waals surface area contributed by atoms with Gasteiger partial charge in [0.1, 0.15) is 0 Å². The number of carbonyl (C=O) groups excluding carboxylic acids is 1. The zero-order chi connectivity index (χ0) is 11.7. The van der Waals surface area contributed by atoms with Gasteiger partial charge in [0.15, 0.2) is 0 Å². The number of rotatable bonds is 2. The van der Waals surface area contributed by atoms with Crippen LogP contribution in [0.4, 0.5) is 0 Å². The second-order valence-corrected chi connectivity index (χ2v) is 5.58. The van der Waals surface area contributed by atoms with E-state index in [9.17, 15) is 4.79 Å². The summed E-state index contributed by atoms with van der Waals surface area (Å²) in [6.45, 7) is 9.58. The fraction of sp³-hybridized carbons (Fsp3) is 0.923. The van der Waals surface area contributed by atoms with Crippen LogP contribution >= 0.6 is 0 Å². The fourth-order valence-corrected chi connectivity index (χ4v) is 3.05. The number of nitrogens with zero attached hydrogens (tertiary/aromatic N) is 2. The van der Waals surface area contributed by atoms with E-state index < -0.39 is 0 Å². The molecule has 2 fully saturated rings. The van der Waals surface area contributed by atoms with Crippen LogP contribution in [0.5, 0.6) is 0 Å². The maximum atomic E-state index is 11.6. The number of hydrogen-bond acceptors (Lipinski definition) is 2. The molecule has 2 rings (SSSR count). The molecule has 0 saturated carbocycles. The summed E-state index contributed by atoms with van der Waals surface area (Å²) in [6.07, 6.45) is 3.71. The van der Waals surface area contributed by atoms with E-state index in [0.29, 0.717) is 12.1 Å².